The van der Waals surface area contributed by atoms with Crippen LogP contribution >= 0.6 is 0 Å². The van der Waals surface area contributed by atoms with Crippen molar-refractivity contribution < 1.29 is 0 Å². The highest BCUT2D eigenvalue weighted by molar-refractivity contribution is 6.25. The second-order valence-electron chi connectivity index (χ2n) is 24.4. The summed E-state index contributed by atoms with van der Waals surface area (Å²) in [5, 5.41) is 20.6. The van der Waals surface area contributed by atoms with Gasteiger partial charge >= 0.3 is 0 Å². The van der Waals surface area contributed by atoms with Crippen molar-refractivity contribution in [2.75, 3.05) is 0 Å². The fourth-order valence-electron chi connectivity index (χ4n) is 16.3. The van der Waals surface area contributed by atoms with Gasteiger partial charge in [0.2, 0.25) is 0 Å². The molecule has 0 unspecified atom stereocenters. The smallest absolute Gasteiger partial charge is 0.0620 e. The number of hydrogen-bond donors (Lipinski definition) is 0. The Morgan fingerprint density at radius 1 is 0.133 bits per heavy atom. The monoisotopic (exact) mass is 1140 g/mol. The molecule has 14 aromatic carbocycles. The molecule has 0 radical (unpaired) electrons. The second-order valence-corrected chi connectivity index (χ2v) is 24.4. The Hall–Kier alpha value is -12.1. The van der Waals surface area contributed by atoms with Gasteiger partial charge in [0.1, 0.15) is 0 Å². The van der Waals surface area contributed by atoms with Crippen LogP contribution in [0.5, 0.6) is 0 Å². The molecule has 0 atom stereocenters. The molecule has 0 amide bonds. The summed E-state index contributed by atoms with van der Waals surface area (Å²) in [6.07, 6.45) is 0. The van der Waals surface area contributed by atoms with Crippen LogP contribution in [0.4, 0.5) is 0 Å². The SMILES string of the molecule is c1ccc2c(c1)c1ccccc1n2-c1ccc2c(c1)c1ccccc1n2-c1ccc2c(c1)c1cccc3c4ccccc4n2c31.c1ccc2c(c1)c1ccccc1n2-c1ccc2c3ccccc3n(-c3ccc4c(c3)c3cccc5c6ccccc6n4c53)c2c1. The highest BCUT2D eigenvalue weighted by Crippen LogP contribution is 2.45. The molecule has 8 aromatic heterocycles. The minimum absolute atomic E-state index is 1.16. The van der Waals surface area contributed by atoms with Gasteiger partial charge in [-0.15, -0.1) is 0 Å². The largest absolute Gasteiger partial charge is 0.309 e. The van der Waals surface area contributed by atoms with Gasteiger partial charge in [0, 0.05) is 109 Å². The van der Waals surface area contributed by atoms with Crippen LogP contribution < -0.4 is 0 Å². The minimum Gasteiger partial charge on any atom is -0.309 e. The molecule has 0 bridgehead atoms. The summed E-state index contributed by atoms with van der Waals surface area (Å²) in [6, 6.07) is 111. The lowest BCUT2D eigenvalue weighted by Crippen LogP contribution is -1.97. The lowest BCUT2D eigenvalue weighted by Gasteiger charge is -2.12. The van der Waals surface area contributed by atoms with Crippen LogP contribution in [-0.4, -0.2) is 27.1 Å². The number of rotatable bonds is 4. The van der Waals surface area contributed by atoms with Crippen LogP contribution in [-0.2, 0) is 0 Å². The second kappa shape index (κ2) is 17.8. The maximum absolute atomic E-state index is 2.45. The maximum atomic E-state index is 2.45. The first-order valence-corrected chi connectivity index (χ1v) is 31.1. The van der Waals surface area contributed by atoms with Crippen LogP contribution in [0, 0.1) is 0 Å². The van der Waals surface area contributed by atoms with E-state index in [1.54, 1.807) is 0 Å². The first kappa shape index (κ1) is 48.0. The van der Waals surface area contributed by atoms with Crippen molar-refractivity contribution in [1.29, 1.82) is 0 Å². The maximum Gasteiger partial charge on any atom is 0.0620 e. The fraction of sp³-hybridized carbons (Fsp3) is 0. The number of aromatic nitrogens is 6. The van der Waals surface area contributed by atoms with E-state index in [0.29, 0.717) is 0 Å². The Bertz CT molecular complexity index is 6680. The van der Waals surface area contributed by atoms with Crippen LogP contribution in [0.2, 0.25) is 0 Å². The predicted molar refractivity (Wildman–Crippen MR) is 380 cm³/mol. The van der Waals surface area contributed by atoms with E-state index in [2.05, 4.69) is 330 Å². The van der Waals surface area contributed by atoms with Gasteiger partial charge < -0.3 is 27.1 Å². The van der Waals surface area contributed by atoms with Crippen molar-refractivity contribution in [3.8, 4) is 22.7 Å². The predicted octanol–water partition coefficient (Wildman–Crippen LogP) is 22.1. The van der Waals surface area contributed by atoms with Crippen molar-refractivity contribution in [3.63, 3.8) is 0 Å². The van der Waals surface area contributed by atoms with Gasteiger partial charge in [-0.25, -0.2) is 0 Å². The van der Waals surface area contributed by atoms with Gasteiger partial charge in [0.15, 0.2) is 0 Å². The molecular formula is C84H50N6. The highest BCUT2D eigenvalue weighted by atomic mass is 15.0. The van der Waals surface area contributed by atoms with E-state index in [9.17, 15) is 0 Å². The molecule has 22 aromatic rings. The zero-order chi connectivity index (χ0) is 58.4. The van der Waals surface area contributed by atoms with Crippen LogP contribution in [0.3, 0.4) is 0 Å². The number of fused-ring (bicyclic) bond motifs is 24. The van der Waals surface area contributed by atoms with E-state index in [0.717, 1.165) is 5.69 Å². The summed E-state index contributed by atoms with van der Waals surface area (Å²) in [4.78, 5) is 0. The molecule has 6 heteroatoms. The lowest BCUT2D eigenvalue weighted by molar-refractivity contribution is 1.16. The molecule has 416 valence electrons. The Kier molecular flexibility index (Phi) is 9.48. The van der Waals surface area contributed by atoms with Gasteiger partial charge in [0.25, 0.3) is 0 Å². The lowest BCUT2D eigenvalue weighted by atomic mass is 10.1. The molecule has 0 aliphatic heterocycles. The van der Waals surface area contributed by atoms with Crippen LogP contribution in [0.25, 0.3) is 186 Å². The first-order valence-electron chi connectivity index (χ1n) is 31.1. The molecule has 8 heterocycles. The summed E-state index contributed by atoms with van der Waals surface area (Å²) in [5.74, 6) is 0. The van der Waals surface area contributed by atoms with Crippen molar-refractivity contribution in [2.24, 2.45) is 0 Å². The number of hydrogen-bond acceptors (Lipinski definition) is 0. The quantitative estimate of drug-likeness (QED) is 0.168. The van der Waals surface area contributed by atoms with Crippen molar-refractivity contribution in [1.82, 2.24) is 27.1 Å². The Balaban J connectivity index is 0.000000122. The van der Waals surface area contributed by atoms with Crippen molar-refractivity contribution >= 4 is 163 Å². The van der Waals surface area contributed by atoms with Gasteiger partial charge in [-0.2, -0.15) is 0 Å². The van der Waals surface area contributed by atoms with E-state index >= 15 is 0 Å². The van der Waals surface area contributed by atoms with Crippen molar-refractivity contribution in [3.05, 3.63) is 303 Å². The molecule has 6 nitrogen and oxygen atoms in total. The Morgan fingerprint density at radius 2 is 0.344 bits per heavy atom. The van der Waals surface area contributed by atoms with E-state index < -0.39 is 0 Å². The van der Waals surface area contributed by atoms with Gasteiger partial charge in [-0.1, -0.05) is 188 Å². The van der Waals surface area contributed by atoms with Crippen LogP contribution in [0.1, 0.15) is 0 Å². The number of para-hydroxylation sites is 10. The van der Waals surface area contributed by atoms with Crippen LogP contribution in [0.15, 0.2) is 303 Å². The molecule has 0 N–H and O–H groups in total. The number of nitrogens with zero attached hydrogens (tertiary/aromatic N) is 6. The molecule has 90 heavy (non-hydrogen) atoms. The average Bonchev–Trinajstić information content (AvgIpc) is 1.59. The van der Waals surface area contributed by atoms with E-state index in [1.807, 2.05) is 0 Å². The first-order chi connectivity index (χ1) is 44.7. The van der Waals surface area contributed by atoms with E-state index in [-0.39, 0.29) is 0 Å². The Morgan fingerprint density at radius 3 is 0.711 bits per heavy atom. The third-order valence-electron chi connectivity index (χ3n) is 19.9. The minimum atomic E-state index is 1.16. The van der Waals surface area contributed by atoms with Gasteiger partial charge in [-0.05, 0) is 115 Å². The molecule has 0 aliphatic rings. The summed E-state index contributed by atoms with van der Waals surface area (Å²) < 4.78 is 14.6. The topological polar surface area (TPSA) is 28.5 Å². The highest BCUT2D eigenvalue weighted by Gasteiger charge is 2.23. The summed E-state index contributed by atoms with van der Waals surface area (Å²) in [6.45, 7) is 0. The zero-order valence-corrected chi connectivity index (χ0v) is 48.6. The molecule has 0 aliphatic carbocycles. The fourth-order valence-corrected chi connectivity index (χ4v) is 16.3. The average molecular weight is 1140 g/mol. The van der Waals surface area contributed by atoms with Crippen molar-refractivity contribution in [2.45, 2.75) is 0 Å². The summed E-state index contributed by atoms with van der Waals surface area (Å²) >= 11 is 0. The van der Waals surface area contributed by atoms with Gasteiger partial charge in [0.05, 0.1) is 77.2 Å². The molecule has 0 saturated carbocycles. The molecule has 22 rings (SSSR count). The zero-order valence-electron chi connectivity index (χ0n) is 48.6. The number of benzene rings is 14. The molecular weight excluding hydrogens is 1090 g/mol. The third-order valence-corrected chi connectivity index (χ3v) is 19.9. The molecule has 0 spiro atoms. The standard InChI is InChI=1S/2C42H25N3/c1-5-16-36-28(10-1)29-11-2-6-17-37(29)43(36)26-20-22-40-34(24-26)31-13-4-7-18-38(31)44(40)27-21-23-41-35(25-27)33-15-9-14-32-30-12-3-8-19-39(30)45(41)42(32)33;1-5-16-36-28(10-1)29-11-2-6-17-37(29)43(36)27-20-22-32-30-12-3-7-18-38(30)44(41(32)25-27)26-21-23-40-35(24-26)34-15-9-14-33-31-13-4-8-19-39(31)45(40)42(33)34/h2*1-25H. The molecule has 0 saturated heterocycles. The normalized spacial score (nSPS) is 12.4. The summed E-state index contributed by atoms with van der Waals surface area (Å²) in [7, 11) is 0. The Labute approximate surface area is 513 Å². The molecule has 0 fully saturated rings. The van der Waals surface area contributed by atoms with Gasteiger partial charge in [-0.3, -0.25) is 0 Å². The summed E-state index contributed by atoms with van der Waals surface area (Å²) in [5.41, 5.74) is 22.1. The van der Waals surface area contributed by atoms with E-state index in [1.165, 1.54) is 180 Å². The van der Waals surface area contributed by atoms with E-state index in [4.69, 9.17) is 0 Å². The third kappa shape index (κ3) is 6.30.